The molecule has 7 heteroatoms. The van der Waals surface area contributed by atoms with E-state index in [9.17, 15) is 4.79 Å². The van der Waals surface area contributed by atoms with E-state index in [0.717, 1.165) is 33.7 Å². The lowest BCUT2D eigenvalue weighted by molar-refractivity contribution is 0.0781. The molecule has 0 aliphatic carbocycles. The Bertz CT molecular complexity index is 959. The number of nitrogens with zero attached hydrogens (tertiary/aromatic N) is 5. The maximum atomic E-state index is 12.9. The SMILES string of the molecule is CCn1ncc(Br)c1CN(C)C(=O)c1cccc(Cn2nc(C)cc2C)c1. The van der Waals surface area contributed by atoms with E-state index in [-0.39, 0.29) is 5.91 Å². The number of rotatable bonds is 6. The number of aryl methyl sites for hydroxylation is 3. The van der Waals surface area contributed by atoms with Gasteiger partial charge in [-0.25, -0.2) is 0 Å². The van der Waals surface area contributed by atoms with Crippen LogP contribution in [-0.2, 0) is 19.6 Å². The van der Waals surface area contributed by atoms with Crippen LogP contribution >= 0.6 is 15.9 Å². The largest absolute Gasteiger partial charge is 0.336 e. The van der Waals surface area contributed by atoms with Gasteiger partial charge in [0.15, 0.2) is 0 Å². The fourth-order valence-corrected chi connectivity index (χ4v) is 3.57. The average Bonchev–Trinajstić information content (AvgIpc) is 3.15. The van der Waals surface area contributed by atoms with Crippen molar-refractivity contribution in [3.05, 3.63) is 69.2 Å². The van der Waals surface area contributed by atoms with Gasteiger partial charge in [0.25, 0.3) is 5.91 Å². The number of carbonyl (C=O) groups excluding carboxylic acids is 1. The molecule has 3 aromatic rings. The first-order valence-corrected chi connectivity index (χ1v) is 9.74. The third-order valence-corrected chi connectivity index (χ3v) is 5.20. The van der Waals surface area contributed by atoms with Gasteiger partial charge < -0.3 is 4.90 Å². The lowest BCUT2D eigenvalue weighted by Crippen LogP contribution is -2.27. The zero-order valence-electron chi connectivity index (χ0n) is 16.1. The Labute approximate surface area is 167 Å². The summed E-state index contributed by atoms with van der Waals surface area (Å²) in [6.07, 6.45) is 1.77. The van der Waals surface area contributed by atoms with E-state index in [1.807, 2.05) is 61.4 Å². The van der Waals surface area contributed by atoms with Gasteiger partial charge >= 0.3 is 0 Å². The molecule has 0 aliphatic heterocycles. The Kier molecular flexibility index (Phi) is 5.79. The van der Waals surface area contributed by atoms with E-state index in [4.69, 9.17) is 0 Å². The number of hydrogen-bond acceptors (Lipinski definition) is 3. The Balaban J connectivity index is 1.76. The van der Waals surface area contributed by atoms with E-state index in [1.54, 1.807) is 11.1 Å². The third-order valence-electron chi connectivity index (χ3n) is 4.54. The highest BCUT2D eigenvalue weighted by Gasteiger charge is 2.17. The molecule has 0 saturated carbocycles. The first kappa shape index (κ1) is 19.4. The minimum absolute atomic E-state index is 0.0130. The molecule has 27 heavy (non-hydrogen) atoms. The van der Waals surface area contributed by atoms with Crippen LogP contribution in [0.25, 0.3) is 0 Å². The Morgan fingerprint density at radius 1 is 1.22 bits per heavy atom. The second-order valence-electron chi connectivity index (χ2n) is 6.70. The third kappa shape index (κ3) is 4.30. The fourth-order valence-electron chi connectivity index (χ4n) is 3.15. The van der Waals surface area contributed by atoms with Gasteiger partial charge in [-0.15, -0.1) is 0 Å². The molecule has 0 unspecified atom stereocenters. The summed E-state index contributed by atoms with van der Waals surface area (Å²) in [4.78, 5) is 14.6. The van der Waals surface area contributed by atoms with Crippen LogP contribution in [0, 0.1) is 13.8 Å². The molecular weight excluding hydrogens is 406 g/mol. The van der Waals surface area contributed by atoms with Gasteiger partial charge in [0, 0.05) is 24.8 Å². The number of carbonyl (C=O) groups is 1. The molecule has 2 heterocycles. The first-order chi connectivity index (χ1) is 12.9. The van der Waals surface area contributed by atoms with Crippen molar-refractivity contribution in [1.29, 1.82) is 0 Å². The van der Waals surface area contributed by atoms with E-state index in [0.29, 0.717) is 18.7 Å². The van der Waals surface area contributed by atoms with Gasteiger partial charge in [-0.05, 0) is 60.5 Å². The number of aromatic nitrogens is 4. The van der Waals surface area contributed by atoms with E-state index >= 15 is 0 Å². The van der Waals surface area contributed by atoms with Crippen molar-refractivity contribution in [1.82, 2.24) is 24.5 Å². The Morgan fingerprint density at radius 2 is 2.00 bits per heavy atom. The topological polar surface area (TPSA) is 56.0 Å². The van der Waals surface area contributed by atoms with Crippen LogP contribution in [0.2, 0.25) is 0 Å². The first-order valence-electron chi connectivity index (χ1n) is 8.94. The summed E-state index contributed by atoms with van der Waals surface area (Å²) < 4.78 is 4.77. The molecule has 0 fully saturated rings. The zero-order chi connectivity index (χ0) is 19.6. The van der Waals surface area contributed by atoms with E-state index in [1.165, 1.54) is 0 Å². The monoisotopic (exact) mass is 429 g/mol. The highest BCUT2D eigenvalue weighted by molar-refractivity contribution is 9.10. The van der Waals surface area contributed by atoms with Gasteiger partial charge in [-0.2, -0.15) is 10.2 Å². The molecule has 0 atom stereocenters. The number of amides is 1. The maximum Gasteiger partial charge on any atom is 0.253 e. The molecule has 2 aromatic heterocycles. The van der Waals surface area contributed by atoms with E-state index < -0.39 is 0 Å². The molecule has 1 amide bonds. The summed E-state index contributed by atoms with van der Waals surface area (Å²) in [7, 11) is 1.81. The molecular formula is C20H24BrN5O. The number of halogens is 1. The van der Waals surface area contributed by atoms with Crippen molar-refractivity contribution < 1.29 is 4.79 Å². The highest BCUT2D eigenvalue weighted by atomic mass is 79.9. The lowest BCUT2D eigenvalue weighted by Gasteiger charge is -2.19. The van der Waals surface area contributed by atoms with Crippen molar-refractivity contribution in [3.63, 3.8) is 0 Å². The predicted octanol–water partition coefficient (Wildman–Crippen LogP) is 3.80. The molecule has 3 rings (SSSR count). The lowest BCUT2D eigenvalue weighted by atomic mass is 10.1. The standard InChI is InChI=1S/C20H24BrN5O/c1-5-25-19(18(21)11-22-25)13-24(4)20(27)17-8-6-7-16(10-17)12-26-15(3)9-14(2)23-26/h6-11H,5,12-13H2,1-4H3. The molecule has 142 valence electrons. The van der Waals surface area contributed by atoms with Crippen LogP contribution in [0.1, 0.15) is 39.9 Å². The quantitative estimate of drug-likeness (QED) is 0.598. The average molecular weight is 430 g/mol. The Morgan fingerprint density at radius 3 is 2.67 bits per heavy atom. The summed E-state index contributed by atoms with van der Waals surface area (Å²) in [5.41, 5.74) is 4.83. The van der Waals surface area contributed by atoms with Crippen molar-refractivity contribution in [2.45, 2.75) is 40.4 Å². The summed E-state index contributed by atoms with van der Waals surface area (Å²) in [5.74, 6) is -0.0130. The van der Waals surface area contributed by atoms with Gasteiger partial charge in [0.1, 0.15) is 0 Å². The van der Waals surface area contributed by atoms with Crippen molar-refractivity contribution in [2.75, 3.05) is 7.05 Å². The van der Waals surface area contributed by atoms with Crippen molar-refractivity contribution in [2.24, 2.45) is 0 Å². The fraction of sp³-hybridized carbons (Fsp3) is 0.350. The minimum Gasteiger partial charge on any atom is -0.336 e. The van der Waals surface area contributed by atoms with E-state index in [2.05, 4.69) is 32.2 Å². The van der Waals surface area contributed by atoms with Crippen LogP contribution in [-0.4, -0.2) is 37.4 Å². The van der Waals surface area contributed by atoms with Crippen molar-refractivity contribution >= 4 is 21.8 Å². The summed E-state index contributed by atoms with van der Waals surface area (Å²) in [6.45, 7) is 7.97. The number of hydrogen-bond donors (Lipinski definition) is 0. The van der Waals surface area contributed by atoms with Crippen LogP contribution in [0.3, 0.4) is 0 Å². The Hall–Kier alpha value is -2.41. The predicted molar refractivity (Wildman–Crippen MR) is 109 cm³/mol. The smallest absolute Gasteiger partial charge is 0.253 e. The maximum absolute atomic E-state index is 12.9. The van der Waals surface area contributed by atoms with Crippen LogP contribution in [0.5, 0.6) is 0 Å². The normalized spacial score (nSPS) is 11.0. The van der Waals surface area contributed by atoms with Gasteiger partial charge in [0.2, 0.25) is 0 Å². The summed E-state index contributed by atoms with van der Waals surface area (Å²) >= 11 is 3.52. The molecule has 0 radical (unpaired) electrons. The zero-order valence-corrected chi connectivity index (χ0v) is 17.7. The van der Waals surface area contributed by atoms with Crippen LogP contribution < -0.4 is 0 Å². The molecule has 0 aliphatic rings. The second kappa shape index (κ2) is 8.08. The van der Waals surface area contributed by atoms with Gasteiger partial charge in [-0.3, -0.25) is 14.2 Å². The number of benzene rings is 1. The summed E-state index contributed by atoms with van der Waals surface area (Å²) in [5, 5.41) is 8.81. The molecule has 6 nitrogen and oxygen atoms in total. The molecule has 0 N–H and O–H groups in total. The second-order valence-corrected chi connectivity index (χ2v) is 7.56. The molecule has 0 spiro atoms. The van der Waals surface area contributed by atoms with Crippen molar-refractivity contribution in [3.8, 4) is 0 Å². The highest BCUT2D eigenvalue weighted by Crippen LogP contribution is 2.19. The molecule has 0 bridgehead atoms. The molecule has 0 saturated heterocycles. The van der Waals surface area contributed by atoms with Gasteiger partial charge in [0.05, 0.1) is 35.1 Å². The minimum atomic E-state index is -0.0130. The van der Waals surface area contributed by atoms with Gasteiger partial charge in [-0.1, -0.05) is 12.1 Å². The molecule has 1 aromatic carbocycles. The van der Waals surface area contributed by atoms with Crippen LogP contribution in [0.4, 0.5) is 0 Å². The van der Waals surface area contributed by atoms with Crippen LogP contribution in [0.15, 0.2) is 41.0 Å². The summed E-state index contributed by atoms with van der Waals surface area (Å²) in [6, 6.07) is 9.80.